The maximum absolute atomic E-state index is 4.94. The van der Waals surface area contributed by atoms with Crippen LogP contribution in [0.2, 0.25) is 0 Å². The van der Waals surface area contributed by atoms with Crippen molar-refractivity contribution in [3.8, 4) is 0 Å². The van der Waals surface area contributed by atoms with Gasteiger partial charge in [-0.05, 0) is 30.4 Å². The topological polar surface area (TPSA) is 9.23 Å². The maximum atomic E-state index is 4.94. The van der Waals surface area contributed by atoms with Gasteiger partial charge in [-0.3, -0.25) is 0 Å². The number of hydrogen-bond acceptors (Lipinski definition) is 1. The first kappa shape index (κ1) is 9.47. The van der Waals surface area contributed by atoms with Gasteiger partial charge in [0, 0.05) is 13.2 Å². The summed E-state index contributed by atoms with van der Waals surface area (Å²) in [5, 5.41) is 0. The molecule has 0 aromatic heterocycles. The van der Waals surface area contributed by atoms with Gasteiger partial charge in [-0.25, -0.2) is 0 Å². The Balaban J connectivity index is 0.000000128. The van der Waals surface area contributed by atoms with Gasteiger partial charge in [0.15, 0.2) is 0 Å². The molecule has 1 aliphatic heterocycles. The highest BCUT2D eigenvalue weighted by atomic mass is 16.5. The van der Waals surface area contributed by atoms with Crippen molar-refractivity contribution in [3.05, 3.63) is 41.5 Å². The molecule has 2 aliphatic rings. The first-order valence-corrected chi connectivity index (χ1v) is 5.29. The van der Waals surface area contributed by atoms with E-state index in [9.17, 15) is 0 Å². The van der Waals surface area contributed by atoms with E-state index in [1.807, 2.05) is 0 Å². The van der Waals surface area contributed by atoms with Crippen molar-refractivity contribution in [2.45, 2.75) is 19.3 Å². The van der Waals surface area contributed by atoms with E-state index >= 15 is 0 Å². The van der Waals surface area contributed by atoms with Gasteiger partial charge in [-0.1, -0.05) is 36.4 Å². The molecule has 1 aromatic carbocycles. The van der Waals surface area contributed by atoms with Gasteiger partial charge in [0.25, 0.3) is 0 Å². The SMILES string of the molecule is C1=Cc2ccccc2C1.C1CCOC1. The summed E-state index contributed by atoms with van der Waals surface area (Å²) in [6, 6.07) is 8.49. The fraction of sp³-hybridized carbons (Fsp3) is 0.385. The zero-order chi connectivity index (χ0) is 9.64. The molecule has 0 spiro atoms. The van der Waals surface area contributed by atoms with Crippen LogP contribution in [0.15, 0.2) is 30.3 Å². The predicted octanol–water partition coefficient (Wildman–Crippen LogP) is 3.05. The van der Waals surface area contributed by atoms with Crippen LogP contribution in [-0.2, 0) is 11.2 Å². The van der Waals surface area contributed by atoms with Gasteiger partial charge in [-0.2, -0.15) is 0 Å². The van der Waals surface area contributed by atoms with Crippen molar-refractivity contribution in [1.29, 1.82) is 0 Å². The Morgan fingerprint density at radius 2 is 1.79 bits per heavy atom. The molecule has 0 atom stereocenters. The van der Waals surface area contributed by atoms with E-state index in [2.05, 4.69) is 36.4 Å². The van der Waals surface area contributed by atoms with Crippen LogP contribution in [0.4, 0.5) is 0 Å². The van der Waals surface area contributed by atoms with Crippen molar-refractivity contribution in [2.75, 3.05) is 13.2 Å². The Labute approximate surface area is 85.4 Å². The van der Waals surface area contributed by atoms with E-state index in [-0.39, 0.29) is 0 Å². The quantitative estimate of drug-likeness (QED) is 0.608. The highest BCUT2D eigenvalue weighted by Crippen LogP contribution is 2.17. The predicted molar refractivity (Wildman–Crippen MR) is 59.2 cm³/mol. The molecule has 0 unspecified atom stereocenters. The molecule has 0 bridgehead atoms. The zero-order valence-corrected chi connectivity index (χ0v) is 8.41. The Hall–Kier alpha value is -1.08. The van der Waals surface area contributed by atoms with Crippen LogP contribution in [0.25, 0.3) is 6.08 Å². The molecule has 1 saturated heterocycles. The lowest BCUT2D eigenvalue weighted by Crippen LogP contribution is -1.76. The first-order chi connectivity index (χ1) is 6.97. The summed E-state index contributed by atoms with van der Waals surface area (Å²) in [7, 11) is 0. The van der Waals surface area contributed by atoms with Crippen LogP contribution in [0.1, 0.15) is 24.0 Å². The minimum absolute atomic E-state index is 1.00. The fourth-order valence-corrected chi connectivity index (χ4v) is 1.71. The Bertz CT molecular complexity index is 303. The van der Waals surface area contributed by atoms with Crippen molar-refractivity contribution >= 4 is 6.08 Å². The summed E-state index contributed by atoms with van der Waals surface area (Å²) in [6.45, 7) is 2.00. The second-order valence-electron chi connectivity index (χ2n) is 3.62. The number of benzene rings is 1. The number of fused-ring (bicyclic) bond motifs is 1. The third kappa shape index (κ3) is 2.46. The van der Waals surface area contributed by atoms with E-state index in [1.165, 1.54) is 24.0 Å². The molecule has 1 aliphatic carbocycles. The van der Waals surface area contributed by atoms with Gasteiger partial charge < -0.3 is 4.74 Å². The highest BCUT2D eigenvalue weighted by Gasteiger charge is 2.00. The molecule has 1 aromatic rings. The molecule has 1 fully saturated rings. The zero-order valence-electron chi connectivity index (χ0n) is 8.41. The number of hydrogen-bond donors (Lipinski definition) is 0. The molecule has 0 N–H and O–H groups in total. The lowest BCUT2D eigenvalue weighted by Gasteiger charge is -1.93. The maximum Gasteiger partial charge on any atom is 0.0466 e. The normalized spacial score (nSPS) is 17.4. The summed E-state index contributed by atoms with van der Waals surface area (Å²) in [5.41, 5.74) is 2.84. The van der Waals surface area contributed by atoms with Crippen molar-refractivity contribution in [2.24, 2.45) is 0 Å². The molecule has 3 rings (SSSR count). The Kier molecular flexibility index (Phi) is 3.36. The van der Waals surface area contributed by atoms with Gasteiger partial charge in [-0.15, -0.1) is 0 Å². The van der Waals surface area contributed by atoms with Gasteiger partial charge in [0.1, 0.15) is 0 Å². The van der Waals surface area contributed by atoms with Gasteiger partial charge in [0.05, 0.1) is 0 Å². The fourth-order valence-electron chi connectivity index (χ4n) is 1.71. The summed E-state index contributed by atoms with van der Waals surface area (Å²) in [4.78, 5) is 0. The minimum atomic E-state index is 1.00. The minimum Gasteiger partial charge on any atom is -0.381 e. The molecular formula is C13H16O. The number of allylic oxidation sites excluding steroid dienone is 1. The standard InChI is InChI=1S/C9H8.C4H8O/c1-2-5-9-7-3-6-8(9)4-1;1-2-4-5-3-1/h1-6H,7H2;1-4H2. The molecule has 14 heavy (non-hydrogen) atoms. The summed E-state index contributed by atoms with van der Waals surface area (Å²) in [6.07, 6.45) is 8.05. The number of ether oxygens (including phenoxy) is 1. The first-order valence-electron chi connectivity index (χ1n) is 5.29. The highest BCUT2D eigenvalue weighted by molar-refractivity contribution is 5.59. The van der Waals surface area contributed by atoms with Crippen LogP contribution in [-0.4, -0.2) is 13.2 Å². The van der Waals surface area contributed by atoms with Crippen molar-refractivity contribution < 1.29 is 4.74 Å². The molecular weight excluding hydrogens is 172 g/mol. The average Bonchev–Trinajstić information content (AvgIpc) is 2.92. The Morgan fingerprint density at radius 1 is 1.00 bits per heavy atom. The summed E-state index contributed by atoms with van der Waals surface area (Å²) < 4.78 is 4.94. The lowest BCUT2D eigenvalue weighted by atomic mass is 10.1. The van der Waals surface area contributed by atoms with E-state index < -0.39 is 0 Å². The molecule has 74 valence electrons. The monoisotopic (exact) mass is 188 g/mol. The van der Waals surface area contributed by atoms with Gasteiger partial charge in [0.2, 0.25) is 0 Å². The Morgan fingerprint density at radius 3 is 2.43 bits per heavy atom. The van der Waals surface area contributed by atoms with E-state index in [1.54, 1.807) is 0 Å². The van der Waals surface area contributed by atoms with Crippen LogP contribution in [0, 0.1) is 0 Å². The second-order valence-corrected chi connectivity index (χ2v) is 3.62. The van der Waals surface area contributed by atoms with Crippen LogP contribution in [0.5, 0.6) is 0 Å². The van der Waals surface area contributed by atoms with Crippen molar-refractivity contribution in [1.82, 2.24) is 0 Å². The van der Waals surface area contributed by atoms with Crippen LogP contribution < -0.4 is 0 Å². The molecule has 0 saturated carbocycles. The molecule has 0 amide bonds. The third-order valence-corrected chi connectivity index (χ3v) is 2.52. The van der Waals surface area contributed by atoms with E-state index in [0.717, 1.165) is 19.6 Å². The third-order valence-electron chi connectivity index (χ3n) is 2.52. The molecule has 0 radical (unpaired) electrons. The largest absolute Gasteiger partial charge is 0.381 e. The summed E-state index contributed by atoms with van der Waals surface area (Å²) in [5.74, 6) is 0. The number of rotatable bonds is 0. The molecule has 1 heteroatoms. The van der Waals surface area contributed by atoms with Crippen LogP contribution >= 0.6 is 0 Å². The smallest absolute Gasteiger partial charge is 0.0466 e. The average molecular weight is 188 g/mol. The van der Waals surface area contributed by atoms with Crippen LogP contribution in [0.3, 0.4) is 0 Å². The van der Waals surface area contributed by atoms with Gasteiger partial charge >= 0.3 is 0 Å². The van der Waals surface area contributed by atoms with Crippen molar-refractivity contribution in [3.63, 3.8) is 0 Å². The lowest BCUT2D eigenvalue weighted by molar-refractivity contribution is 0.198. The molecule has 1 heterocycles. The second kappa shape index (κ2) is 4.97. The van der Waals surface area contributed by atoms with E-state index in [4.69, 9.17) is 4.74 Å². The van der Waals surface area contributed by atoms with E-state index in [0.29, 0.717) is 0 Å². The summed E-state index contributed by atoms with van der Waals surface area (Å²) >= 11 is 0. The molecule has 1 nitrogen and oxygen atoms in total.